The van der Waals surface area contributed by atoms with Crippen LogP contribution in [-0.2, 0) is 6.54 Å². The van der Waals surface area contributed by atoms with Crippen molar-refractivity contribution in [2.75, 3.05) is 21.3 Å². The summed E-state index contributed by atoms with van der Waals surface area (Å²) in [7, 11) is 5.13. The van der Waals surface area contributed by atoms with Crippen molar-refractivity contribution in [3.63, 3.8) is 0 Å². The fraction of sp³-hybridized carbons (Fsp3) is 0.250. The van der Waals surface area contributed by atoms with Crippen LogP contribution in [0, 0.1) is 0 Å². The van der Waals surface area contributed by atoms with Gasteiger partial charge in [-0.05, 0) is 36.4 Å². The van der Waals surface area contributed by atoms with Gasteiger partial charge in [0, 0.05) is 12.1 Å². The molecule has 0 heterocycles. The van der Waals surface area contributed by atoms with Crippen molar-refractivity contribution in [2.24, 2.45) is 0 Å². The van der Waals surface area contributed by atoms with Crippen molar-refractivity contribution in [1.29, 1.82) is 0 Å². The van der Waals surface area contributed by atoms with Crippen LogP contribution in [0.2, 0.25) is 5.02 Å². The molecule has 0 amide bonds. The molecule has 1 N–H and O–H groups in total. The summed E-state index contributed by atoms with van der Waals surface area (Å²) in [6.45, 7) is 0.819. The van der Waals surface area contributed by atoms with E-state index in [9.17, 15) is 0 Å². The molecule has 0 saturated heterocycles. The zero-order valence-corrected chi connectivity index (χ0v) is 12.6. The number of ether oxygens (including phenoxy) is 2. The van der Waals surface area contributed by atoms with E-state index in [0.29, 0.717) is 16.5 Å². The third kappa shape index (κ3) is 2.89. The number of hydrogen-bond donors (Lipinski definition) is 1. The van der Waals surface area contributed by atoms with E-state index < -0.39 is 0 Å². The van der Waals surface area contributed by atoms with Crippen molar-refractivity contribution in [1.82, 2.24) is 5.32 Å². The first-order valence-corrected chi connectivity index (χ1v) is 6.73. The first kappa shape index (κ1) is 14.7. The second-order valence-electron chi connectivity index (χ2n) is 4.39. The Hall–Kier alpha value is -1.71. The van der Waals surface area contributed by atoms with Gasteiger partial charge in [0.05, 0.1) is 14.2 Å². The van der Waals surface area contributed by atoms with Crippen LogP contribution in [0.4, 0.5) is 0 Å². The second-order valence-corrected chi connectivity index (χ2v) is 4.77. The molecular formula is C16H18ClNO2. The van der Waals surface area contributed by atoms with Crippen LogP contribution >= 0.6 is 11.6 Å². The highest BCUT2D eigenvalue weighted by molar-refractivity contribution is 6.34. The molecule has 0 bridgehead atoms. The SMILES string of the molecule is CNCc1cccc(-c2ccc(OC)c(Cl)c2OC)c1. The lowest BCUT2D eigenvalue weighted by Crippen LogP contribution is -2.04. The third-order valence-electron chi connectivity index (χ3n) is 3.10. The molecule has 0 saturated carbocycles. The molecule has 0 aromatic heterocycles. The number of halogens is 1. The molecule has 0 aliphatic carbocycles. The smallest absolute Gasteiger partial charge is 0.149 e. The third-order valence-corrected chi connectivity index (χ3v) is 3.46. The molecule has 0 aliphatic heterocycles. The summed E-state index contributed by atoms with van der Waals surface area (Å²) in [5.41, 5.74) is 3.23. The van der Waals surface area contributed by atoms with Crippen molar-refractivity contribution in [3.05, 3.63) is 47.0 Å². The van der Waals surface area contributed by atoms with Gasteiger partial charge in [0.2, 0.25) is 0 Å². The van der Waals surface area contributed by atoms with Crippen molar-refractivity contribution < 1.29 is 9.47 Å². The van der Waals surface area contributed by atoms with E-state index in [1.165, 1.54) is 5.56 Å². The quantitative estimate of drug-likeness (QED) is 0.910. The fourth-order valence-corrected chi connectivity index (χ4v) is 2.49. The predicted molar refractivity (Wildman–Crippen MR) is 82.8 cm³/mol. The van der Waals surface area contributed by atoms with Crippen LogP contribution in [0.5, 0.6) is 11.5 Å². The summed E-state index contributed by atoms with van der Waals surface area (Å²) in [5, 5.41) is 3.64. The first-order valence-electron chi connectivity index (χ1n) is 6.35. The Bertz CT molecular complexity index is 599. The van der Waals surface area contributed by atoms with Gasteiger partial charge in [0.15, 0.2) is 0 Å². The molecule has 3 nitrogen and oxygen atoms in total. The molecule has 2 aromatic carbocycles. The largest absolute Gasteiger partial charge is 0.495 e. The van der Waals surface area contributed by atoms with Gasteiger partial charge in [0.25, 0.3) is 0 Å². The highest BCUT2D eigenvalue weighted by atomic mass is 35.5. The second kappa shape index (κ2) is 6.64. The lowest BCUT2D eigenvalue weighted by atomic mass is 10.0. The molecule has 4 heteroatoms. The normalized spacial score (nSPS) is 10.4. The molecule has 0 fully saturated rings. The lowest BCUT2D eigenvalue weighted by Gasteiger charge is -2.14. The number of rotatable bonds is 5. The minimum absolute atomic E-state index is 0.492. The average Bonchev–Trinajstić information content (AvgIpc) is 2.47. The van der Waals surface area contributed by atoms with Crippen LogP contribution in [0.3, 0.4) is 0 Å². The summed E-state index contributed by atoms with van der Waals surface area (Å²) < 4.78 is 10.7. The monoisotopic (exact) mass is 291 g/mol. The van der Waals surface area contributed by atoms with Crippen LogP contribution in [0.1, 0.15) is 5.56 Å². The molecule has 0 unspecified atom stereocenters. The first-order chi connectivity index (χ1) is 9.71. The Morgan fingerprint density at radius 3 is 2.55 bits per heavy atom. The minimum Gasteiger partial charge on any atom is -0.495 e. The standard InChI is InChI=1S/C16H18ClNO2/c1-18-10-11-5-4-6-12(9-11)13-7-8-14(19-2)15(17)16(13)20-3/h4-9,18H,10H2,1-3H3. The summed E-state index contributed by atoms with van der Waals surface area (Å²) in [6, 6.07) is 12.1. The number of nitrogens with one attached hydrogen (secondary N) is 1. The van der Waals surface area contributed by atoms with Gasteiger partial charge < -0.3 is 14.8 Å². The van der Waals surface area contributed by atoms with E-state index in [1.807, 2.05) is 31.3 Å². The predicted octanol–water partition coefficient (Wildman–Crippen LogP) is 3.74. The van der Waals surface area contributed by atoms with Crippen LogP contribution < -0.4 is 14.8 Å². The Balaban J connectivity index is 2.52. The van der Waals surface area contributed by atoms with E-state index in [0.717, 1.165) is 17.7 Å². The van der Waals surface area contributed by atoms with Gasteiger partial charge in [0.1, 0.15) is 16.5 Å². The topological polar surface area (TPSA) is 30.5 Å². The van der Waals surface area contributed by atoms with E-state index in [1.54, 1.807) is 14.2 Å². The zero-order valence-electron chi connectivity index (χ0n) is 11.9. The van der Waals surface area contributed by atoms with Crippen molar-refractivity contribution >= 4 is 11.6 Å². The molecule has 0 spiro atoms. The van der Waals surface area contributed by atoms with Gasteiger partial charge in [-0.15, -0.1) is 0 Å². The summed E-state index contributed by atoms with van der Waals surface area (Å²) in [5.74, 6) is 1.24. The lowest BCUT2D eigenvalue weighted by molar-refractivity contribution is 0.396. The van der Waals surface area contributed by atoms with Gasteiger partial charge in [-0.25, -0.2) is 0 Å². The molecule has 0 atom stereocenters. The maximum atomic E-state index is 6.30. The Labute approximate surface area is 124 Å². The fourth-order valence-electron chi connectivity index (χ4n) is 2.18. The highest BCUT2D eigenvalue weighted by Gasteiger charge is 2.14. The van der Waals surface area contributed by atoms with Crippen molar-refractivity contribution in [2.45, 2.75) is 6.54 Å². The van der Waals surface area contributed by atoms with Crippen LogP contribution in [0.25, 0.3) is 11.1 Å². The molecule has 2 aromatic rings. The zero-order chi connectivity index (χ0) is 14.5. The van der Waals surface area contributed by atoms with Gasteiger partial charge >= 0.3 is 0 Å². The van der Waals surface area contributed by atoms with Gasteiger partial charge in [-0.1, -0.05) is 29.8 Å². The van der Waals surface area contributed by atoms with Gasteiger partial charge in [-0.3, -0.25) is 0 Å². The van der Waals surface area contributed by atoms with E-state index in [2.05, 4.69) is 17.4 Å². The molecule has 106 valence electrons. The molecular weight excluding hydrogens is 274 g/mol. The summed E-state index contributed by atoms with van der Waals surface area (Å²) >= 11 is 6.30. The average molecular weight is 292 g/mol. The Morgan fingerprint density at radius 2 is 1.90 bits per heavy atom. The molecule has 20 heavy (non-hydrogen) atoms. The maximum Gasteiger partial charge on any atom is 0.149 e. The number of methoxy groups -OCH3 is 2. The Morgan fingerprint density at radius 1 is 1.10 bits per heavy atom. The van der Waals surface area contributed by atoms with Crippen molar-refractivity contribution in [3.8, 4) is 22.6 Å². The Kier molecular flexibility index (Phi) is 4.88. The summed E-state index contributed by atoms with van der Waals surface area (Å²) in [6.07, 6.45) is 0. The van der Waals surface area contributed by atoms with E-state index in [-0.39, 0.29) is 0 Å². The molecule has 2 rings (SSSR count). The van der Waals surface area contributed by atoms with Crippen LogP contribution in [0.15, 0.2) is 36.4 Å². The van der Waals surface area contributed by atoms with Crippen LogP contribution in [-0.4, -0.2) is 21.3 Å². The maximum absolute atomic E-state index is 6.30. The minimum atomic E-state index is 0.492. The number of benzene rings is 2. The highest BCUT2D eigenvalue weighted by Crippen LogP contribution is 2.41. The number of hydrogen-bond acceptors (Lipinski definition) is 3. The van der Waals surface area contributed by atoms with E-state index in [4.69, 9.17) is 21.1 Å². The van der Waals surface area contributed by atoms with E-state index >= 15 is 0 Å². The molecule has 0 radical (unpaired) electrons. The summed E-state index contributed by atoms with van der Waals surface area (Å²) in [4.78, 5) is 0. The molecule has 0 aliphatic rings. The van der Waals surface area contributed by atoms with Gasteiger partial charge in [-0.2, -0.15) is 0 Å².